The van der Waals surface area contributed by atoms with Crippen LogP contribution in [0.5, 0.6) is 5.75 Å². The third-order valence-electron chi connectivity index (χ3n) is 4.72. The Labute approximate surface area is 168 Å². The van der Waals surface area contributed by atoms with Gasteiger partial charge < -0.3 is 14.6 Å². The summed E-state index contributed by atoms with van der Waals surface area (Å²) in [4.78, 5) is 24.8. The monoisotopic (exact) mass is 394 g/mol. The van der Waals surface area contributed by atoms with E-state index >= 15 is 0 Å². The average Bonchev–Trinajstić information content (AvgIpc) is 2.71. The number of ether oxygens (including phenoxy) is 1. The van der Waals surface area contributed by atoms with Crippen molar-refractivity contribution in [2.24, 2.45) is 7.05 Å². The zero-order valence-electron chi connectivity index (χ0n) is 16.4. The fraction of sp³-hybridized carbons (Fsp3) is 0.217. The molecule has 0 saturated heterocycles. The number of nitrogens with zero attached hydrogens (tertiary/aromatic N) is 1. The van der Waals surface area contributed by atoms with Gasteiger partial charge in [0.2, 0.25) is 11.3 Å². The summed E-state index contributed by atoms with van der Waals surface area (Å²) in [7, 11) is 1.83. The Bertz CT molecular complexity index is 1040. The van der Waals surface area contributed by atoms with Crippen LogP contribution in [-0.4, -0.2) is 10.5 Å². The van der Waals surface area contributed by atoms with E-state index in [1.165, 1.54) is 18.2 Å². The van der Waals surface area contributed by atoms with Gasteiger partial charge in [-0.2, -0.15) is 0 Å². The lowest BCUT2D eigenvalue weighted by Crippen LogP contribution is -2.28. The van der Waals surface area contributed by atoms with Crippen LogP contribution in [0.15, 0.2) is 65.5 Å². The van der Waals surface area contributed by atoms with Gasteiger partial charge in [-0.15, -0.1) is 0 Å². The second-order valence-electron chi connectivity index (χ2n) is 6.84. The molecule has 0 radical (unpaired) electrons. The smallest absolute Gasteiger partial charge is 0.224 e. The van der Waals surface area contributed by atoms with Crippen LogP contribution in [0.4, 0.5) is 4.39 Å². The number of hydrogen-bond donors (Lipinski definition) is 1. The molecule has 1 heterocycles. The molecule has 6 heteroatoms. The third kappa shape index (κ3) is 5.31. The Morgan fingerprint density at radius 1 is 1.07 bits per heavy atom. The number of nitrogens with one attached hydrogen (secondary N) is 1. The molecule has 3 rings (SSSR count). The van der Waals surface area contributed by atoms with Gasteiger partial charge in [0.1, 0.15) is 12.4 Å². The van der Waals surface area contributed by atoms with Crippen LogP contribution >= 0.6 is 0 Å². The minimum atomic E-state index is -0.343. The zero-order chi connectivity index (χ0) is 20.8. The van der Waals surface area contributed by atoms with Gasteiger partial charge in [0.25, 0.3) is 0 Å². The molecule has 150 valence electrons. The first kappa shape index (κ1) is 20.3. The Kier molecular flexibility index (Phi) is 6.44. The number of amides is 1. The molecular weight excluding hydrogens is 371 g/mol. The van der Waals surface area contributed by atoms with Crippen molar-refractivity contribution in [3.05, 3.63) is 99.2 Å². The van der Waals surface area contributed by atoms with Gasteiger partial charge in [0, 0.05) is 18.8 Å². The van der Waals surface area contributed by atoms with E-state index in [1.807, 2.05) is 48.9 Å². The van der Waals surface area contributed by atoms with Crippen molar-refractivity contribution in [1.82, 2.24) is 9.88 Å². The van der Waals surface area contributed by atoms with Crippen molar-refractivity contribution < 1.29 is 13.9 Å². The summed E-state index contributed by atoms with van der Waals surface area (Å²) >= 11 is 0. The first-order valence-corrected chi connectivity index (χ1v) is 9.31. The molecule has 0 spiro atoms. The van der Waals surface area contributed by atoms with Crippen molar-refractivity contribution in [3.63, 3.8) is 0 Å². The summed E-state index contributed by atoms with van der Waals surface area (Å²) in [5.74, 6) is -0.340. The maximum atomic E-state index is 13.0. The largest absolute Gasteiger partial charge is 0.483 e. The SMILES string of the molecule is Cc1cc(=O)c(OCc2ccccc2)c(CNC(=O)Cc2ccc(F)cc2)n1C. The maximum absolute atomic E-state index is 13.0. The summed E-state index contributed by atoms with van der Waals surface area (Å²) in [6, 6.07) is 16.9. The Balaban J connectivity index is 1.73. The topological polar surface area (TPSA) is 60.3 Å². The molecular formula is C23H23FN2O3. The molecule has 0 fully saturated rings. The molecule has 0 bridgehead atoms. The van der Waals surface area contributed by atoms with Gasteiger partial charge >= 0.3 is 0 Å². The Hall–Kier alpha value is -3.41. The molecule has 0 aliphatic carbocycles. The highest BCUT2D eigenvalue weighted by molar-refractivity contribution is 5.78. The Morgan fingerprint density at radius 3 is 2.45 bits per heavy atom. The molecule has 0 aliphatic rings. The number of carbonyl (C=O) groups excluding carboxylic acids is 1. The number of halogens is 1. The molecule has 0 aliphatic heterocycles. The van der Waals surface area contributed by atoms with Gasteiger partial charge in [-0.3, -0.25) is 9.59 Å². The van der Waals surface area contributed by atoms with E-state index in [9.17, 15) is 14.0 Å². The molecule has 0 unspecified atom stereocenters. The summed E-state index contributed by atoms with van der Waals surface area (Å²) in [6.45, 7) is 2.24. The van der Waals surface area contributed by atoms with E-state index in [2.05, 4.69) is 5.32 Å². The van der Waals surface area contributed by atoms with Crippen molar-refractivity contribution >= 4 is 5.91 Å². The summed E-state index contributed by atoms with van der Waals surface area (Å²) in [5.41, 5.74) is 2.80. The van der Waals surface area contributed by atoms with E-state index in [0.29, 0.717) is 11.3 Å². The van der Waals surface area contributed by atoms with E-state index in [0.717, 1.165) is 11.3 Å². The number of aromatic nitrogens is 1. The fourth-order valence-electron chi connectivity index (χ4n) is 2.97. The molecule has 2 aromatic carbocycles. The van der Waals surface area contributed by atoms with Crippen LogP contribution < -0.4 is 15.5 Å². The molecule has 1 aromatic heterocycles. The number of benzene rings is 2. The minimum absolute atomic E-state index is 0.125. The molecule has 3 aromatic rings. The van der Waals surface area contributed by atoms with E-state index in [4.69, 9.17) is 4.74 Å². The third-order valence-corrected chi connectivity index (χ3v) is 4.72. The quantitative estimate of drug-likeness (QED) is 0.669. The Morgan fingerprint density at radius 2 is 1.76 bits per heavy atom. The molecule has 0 atom stereocenters. The first-order chi connectivity index (χ1) is 13.9. The molecule has 1 N–H and O–H groups in total. The summed E-state index contributed by atoms with van der Waals surface area (Å²) in [6.07, 6.45) is 0.125. The van der Waals surface area contributed by atoms with Crippen molar-refractivity contribution in [3.8, 4) is 5.75 Å². The van der Waals surface area contributed by atoms with E-state index in [-0.39, 0.29) is 42.5 Å². The predicted octanol–water partition coefficient (Wildman–Crippen LogP) is 3.27. The van der Waals surface area contributed by atoms with Crippen LogP contribution in [0.1, 0.15) is 22.5 Å². The average molecular weight is 394 g/mol. The highest BCUT2D eigenvalue weighted by Crippen LogP contribution is 2.16. The highest BCUT2D eigenvalue weighted by atomic mass is 19.1. The summed E-state index contributed by atoms with van der Waals surface area (Å²) in [5, 5.41) is 2.82. The lowest BCUT2D eigenvalue weighted by molar-refractivity contribution is -0.120. The van der Waals surface area contributed by atoms with Gasteiger partial charge in [-0.25, -0.2) is 4.39 Å². The molecule has 0 saturated carbocycles. The molecule has 1 amide bonds. The second kappa shape index (κ2) is 9.19. The number of hydrogen-bond acceptors (Lipinski definition) is 3. The van der Waals surface area contributed by atoms with Crippen LogP contribution in [0.2, 0.25) is 0 Å². The van der Waals surface area contributed by atoms with Crippen molar-refractivity contribution in [2.45, 2.75) is 26.5 Å². The standard InChI is InChI=1S/C23H23FN2O3/c1-16-12-21(27)23(29-15-18-6-4-3-5-7-18)20(26(16)2)14-25-22(28)13-17-8-10-19(24)11-9-17/h3-12H,13-15H2,1-2H3,(H,25,28). The lowest BCUT2D eigenvalue weighted by Gasteiger charge is -2.17. The minimum Gasteiger partial charge on any atom is -0.483 e. The second-order valence-corrected chi connectivity index (χ2v) is 6.84. The fourth-order valence-corrected chi connectivity index (χ4v) is 2.97. The van der Waals surface area contributed by atoms with Crippen molar-refractivity contribution in [1.29, 1.82) is 0 Å². The van der Waals surface area contributed by atoms with Gasteiger partial charge in [-0.1, -0.05) is 42.5 Å². The zero-order valence-corrected chi connectivity index (χ0v) is 16.4. The highest BCUT2D eigenvalue weighted by Gasteiger charge is 2.15. The van der Waals surface area contributed by atoms with Crippen LogP contribution in [-0.2, 0) is 31.4 Å². The normalized spacial score (nSPS) is 10.6. The van der Waals surface area contributed by atoms with Gasteiger partial charge in [-0.05, 0) is 30.2 Å². The molecule has 5 nitrogen and oxygen atoms in total. The summed E-state index contributed by atoms with van der Waals surface area (Å²) < 4.78 is 20.7. The maximum Gasteiger partial charge on any atom is 0.224 e. The lowest BCUT2D eigenvalue weighted by atomic mass is 10.1. The number of aryl methyl sites for hydroxylation is 1. The van der Waals surface area contributed by atoms with Crippen LogP contribution in [0.25, 0.3) is 0 Å². The van der Waals surface area contributed by atoms with Crippen LogP contribution in [0, 0.1) is 12.7 Å². The first-order valence-electron chi connectivity index (χ1n) is 9.31. The predicted molar refractivity (Wildman–Crippen MR) is 109 cm³/mol. The number of pyridine rings is 1. The molecule has 29 heavy (non-hydrogen) atoms. The van der Waals surface area contributed by atoms with Crippen LogP contribution in [0.3, 0.4) is 0 Å². The van der Waals surface area contributed by atoms with Gasteiger partial charge in [0.15, 0.2) is 5.75 Å². The number of rotatable bonds is 7. The number of carbonyl (C=O) groups is 1. The van der Waals surface area contributed by atoms with Crippen molar-refractivity contribution in [2.75, 3.05) is 0 Å². The van der Waals surface area contributed by atoms with E-state index in [1.54, 1.807) is 12.1 Å². The van der Waals surface area contributed by atoms with E-state index < -0.39 is 0 Å². The van der Waals surface area contributed by atoms with Gasteiger partial charge in [0.05, 0.1) is 18.7 Å².